The molecule has 5 saturated carbocycles. The minimum Gasteiger partial charge on any atom is -0.393 e. The van der Waals surface area contributed by atoms with Crippen molar-refractivity contribution in [3.05, 3.63) is 0 Å². The van der Waals surface area contributed by atoms with E-state index in [0.29, 0.717) is 5.92 Å². The molecule has 0 radical (unpaired) electrons. The molecule has 200 valence electrons. The van der Waals surface area contributed by atoms with E-state index < -0.39 is 23.4 Å². The Hall–Kier alpha value is -0.200. The van der Waals surface area contributed by atoms with Crippen LogP contribution in [-0.4, -0.2) is 56.0 Å². The maximum absolute atomic E-state index is 11.7. The lowest BCUT2D eigenvalue weighted by Crippen LogP contribution is -2.62. The average molecular weight is 491 g/mol. The number of hydrogen-bond acceptors (Lipinski definition) is 5. The Morgan fingerprint density at radius 1 is 0.771 bits per heavy atom. The quantitative estimate of drug-likeness (QED) is 0.460. The van der Waals surface area contributed by atoms with Crippen molar-refractivity contribution in [2.24, 2.45) is 44.8 Å². The summed E-state index contributed by atoms with van der Waals surface area (Å²) in [5.41, 5.74) is -1.35. The zero-order chi connectivity index (χ0) is 25.6. The van der Waals surface area contributed by atoms with Gasteiger partial charge in [0.2, 0.25) is 0 Å². The van der Waals surface area contributed by atoms with Gasteiger partial charge in [-0.25, -0.2) is 0 Å². The molecule has 0 aromatic carbocycles. The summed E-state index contributed by atoms with van der Waals surface area (Å²) < 4.78 is 6.66. The third-order valence-corrected chi connectivity index (χ3v) is 13.8. The summed E-state index contributed by atoms with van der Waals surface area (Å²) >= 11 is 0. The van der Waals surface area contributed by atoms with E-state index in [-0.39, 0.29) is 51.1 Å². The molecular formula is C30H50O5. The van der Waals surface area contributed by atoms with Crippen molar-refractivity contribution in [2.75, 3.05) is 0 Å². The third kappa shape index (κ3) is 2.78. The van der Waals surface area contributed by atoms with Gasteiger partial charge in [-0.15, -0.1) is 0 Å². The van der Waals surface area contributed by atoms with E-state index in [1.54, 1.807) is 0 Å². The van der Waals surface area contributed by atoms with Crippen molar-refractivity contribution in [1.29, 1.82) is 0 Å². The number of fused-ring (bicyclic) bond motifs is 2. The fourth-order valence-corrected chi connectivity index (χ4v) is 12.1. The fraction of sp³-hybridized carbons (Fsp3) is 1.00. The summed E-state index contributed by atoms with van der Waals surface area (Å²) in [5.74, 6) is 0.577. The first-order chi connectivity index (χ1) is 16.0. The minimum atomic E-state index is -0.886. The van der Waals surface area contributed by atoms with E-state index in [2.05, 4.69) is 34.6 Å². The lowest BCUT2D eigenvalue weighted by atomic mass is 9.41. The smallest absolute Gasteiger partial charge is 0.0865 e. The second-order valence-corrected chi connectivity index (χ2v) is 15.9. The van der Waals surface area contributed by atoms with Crippen LogP contribution in [-0.2, 0) is 4.74 Å². The van der Waals surface area contributed by atoms with E-state index in [1.165, 1.54) is 6.42 Å². The Balaban J connectivity index is 1.37. The molecule has 0 amide bonds. The van der Waals surface area contributed by atoms with E-state index in [4.69, 9.17) is 4.74 Å². The standard InChI is InChI=1S/C30H50O5/c1-24(2)20(33)8-11-30-16-29(30)13-12-26(5)23(28(7)10-9-21(35-28)25(3,4)34)18(32)15-27(26,6)19(29)14-17(31)22(24)30/h17-23,31-34H,8-16H2,1-7H3/t17-,18?,19?,20?,21?,22?,23?,26?,27-,28?,29?,30?/m0/s1. The van der Waals surface area contributed by atoms with Crippen LogP contribution in [0.2, 0.25) is 0 Å². The van der Waals surface area contributed by atoms with Crippen LogP contribution in [0.3, 0.4) is 0 Å². The molecule has 6 fully saturated rings. The molecule has 1 saturated heterocycles. The molecule has 6 rings (SSSR count). The third-order valence-electron chi connectivity index (χ3n) is 13.8. The summed E-state index contributed by atoms with van der Waals surface area (Å²) in [6, 6.07) is 0. The Bertz CT molecular complexity index is 911. The van der Waals surface area contributed by atoms with Gasteiger partial charge in [-0.3, -0.25) is 0 Å². The van der Waals surface area contributed by atoms with Gasteiger partial charge in [0, 0.05) is 5.92 Å². The monoisotopic (exact) mass is 490 g/mol. The highest BCUT2D eigenvalue weighted by Crippen LogP contribution is 2.89. The van der Waals surface area contributed by atoms with Crippen LogP contribution in [0.4, 0.5) is 0 Å². The highest BCUT2D eigenvalue weighted by Gasteiger charge is 2.84. The van der Waals surface area contributed by atoms with Gasteiger partial charge in [-0.05, 0) is 117 Å². The number of aliphatic hydroxyl groups is 4. The zero-order valence-corrected chi connectivity index (χ0v) is 23.1. The van der Waals surface area contributed by atoms with Crippen LogP contribution in [0.15, 0.2) is 0 Å². The molecular weight excluding hydrogens is 440 g/mol. The highest BCUT2D eigenvalue weighted by atomic mass is 16.5. The average Bonchev–Trinajstić information content (AvgIpc) is 3.08. The van der Waals surface area contributed by atoms with Gasteiger partial charge in [0.05, 0.1) is 35.6 Å². The molecule has 2 spiro atoms. The number of hydrogen-bond donors (Lipinski definition) is 4. The molecule has 12 atom stereocenters. The Kier molecular flexibility index (Phi) is 4.92. The Morgan fingerprint density at radius 2 is 1.46 bits per heavy atom. The van der Waals surface area contributed by atoms with Crippen LogP contribution in [0, 0.1) is 44.8 Å². The number of rotatable bonds is 2. The van der Waals surface area contributed by atoms with Crippen LogP contribution in [0.1, 0.15) is 106 Å². The molecule has 5 heteroatoms. The molecule has 10 unspecified atom stereocenters. The van der Waals surface area contributed by atoms with Crippen LogP contribution in [0.25, 0.3) is 0 Å². The molecule has 5 nitrogen and oxygen atoms in total. The van der Waals surface area contributed by atoms with Crippen molar-refractivity contribution in [2.45, 2.75) is 142 Å². The van der Waals surface area contributed by atoms with E-state index in [9.17, 15) is 20.4 Å². The summed E-state index contributed by atoms with van der Waals surface area (Å²) in [5, 5.41) is 45.0. The van der Waals surface area contributed by atoms with Gasteiger partial charge >= 0.3 is 0 Å². The molecule has 1 aliphatic heterocycles. The van der Waals surface area contributed by atoms with E-state index >= 15 is 0 Å². The first kappa shape index (κ1) is 25.1. The lowest BCUT2D eigenvalue weighted by Gasteiger charge is -2.64. The zero-order valence-electron chi connectivity index (χ0n) is 23.1. The van der Waals surface area contributed by atoms with Crippen molar-refractivity contribution >= 4 is 0 Å². The van der Waals surface area contributed by atoms with Crippen LogP contribution in [0.5, 0.6) is 0 Å². The minimum absolute atomic E-state index is 0.0267. The molecule has 5 aliphatic carbocycles. The topological polar surface area (TPSA) is 90.2 Å². The maximum atomic E-state index is 11.7. The van der Waals surface area contributed by atoms with Crippen molar-refractivity contribution in [3.63, 3.8) is 0 Å². The molecule has 0 bridgehead atoms. The van der Waals surface area contributed by atoms with Gasteiger partial charge in [-0.2, -0.15) is 0 Å². The Labute approximate surface area is 212 Å². The molecule has 6 aliphatic rings. The largest absolute Gasteiger partial charge is 0.393 e. The summed E-state index contributed by atoms with van der Waals surface area (Å²) in [6.45, 7) is 15.0. The fourth-order valence-electron chi connectivity index (χ4n) is 12.1. The first-order valence-electron chi connectivity index (χ1n) is 14.4. The number of ether oxygens (including phenoxy) is 1. The molecule has 1 heterocycles. The number of aliphatic hydroxyl groups excluding tert-OH is 3. The van der Waals surface area contributed by atoms with Crippen molar-refractivity contribution < 1.29 is 25.2 Å². The second kappa shape index (κ2) is 6.86. The molecule has 0 aromatic rings. The van der Waals surface area contributed by atoms with Crippen molar-refractivity contribution in [3.8, 4) is 0 Å². The van der Waals surface area contributed by atoms with E-state index in [1.807, 2.05) is 13.8 Å². The van der Waals surface area contributed by atoms with E-state index in [0.717, 1.165) is 51.4 Å². The summed E-state index contributed by atoms with van der Waals surface area (Å²) in [4.78, 5) is 0. The summed E-state index contributed by atoms with van der Waals surface area (Å²) in [7, 11) is 0. The molecule has 0 aromatic heterocycles. The molecule has 4 N–H and O–H groups in total. The van der Waals surface area contributed by atoms with Crippen LogP contribution >= 0.6 is 0 Å². The molecule has 35 heavy (non-hydrogen) atoms. The van der Waals surface area contributed by atoms with Gasteiger partial charge in [0.1, 0.15) is 0 Å². The van der Waals surface area contributed by atoms with Gasteiger partial charge in [0.25, 0.3) is 0 Å². The van der Waals surface area contributed by atoms with Gasteiger partial charge in [0.15, 0.2) is 0 Å². The van der Waals surface area contributed by atoms with Gasteiger partial charge in [-0.1, -0.05) is 27.7 Å². The first-order valence-corrected chi connectivity index (χ1v) is 14.4. The summed E-state index contributed by atoms with van der Waals surface area (Å²) in [6.07, 6.45) is 7.18. The predicted molar refractivity (Wildman–Crippen MR) is 134 cm³/mol. The maximum Gasteiger partial charge on any atom is 0.0865 e. The van der Waals surface area contributed by atoms with Gasteiger partial charge < -0.3 is 25.2 Å². The van der Waals surface area contributed by atoms with Crippen LogP contribution < -0.4 is 0 Å². The van der Waals surface area contributed by atoms with Crippen molar-refractivity contribution in [1.82, 2.24) is 0 Å². The normalized spacial score (nSPS) is 60.9. The Morgan fingerprint density at radius 3 is 2.09 bits per heavy atom. The predicted octanol–water partition coefficient (Wildman–Crippen LogP) is 4.44. The highest BCUT2D eigenvalue weighted by molar-refractivity contribution is 5.33. The second-order valence-electron chi connectivity index (χ2n) is 15.9. The lowest BCUT2D eigenvalue weighted by molar-refractivity contribution is -0.213. The SMILES string of the molecule is CC(C)(O)C1CCC(C)(C2C(O)C[C@@]3(C)C4C[C@H](O)C5C(C)(C)C(O)CCC56CC46CCC23C)O1.